The number of pyridine rings is 1. The van der Waals surface area contributed by atoms with Gasteiger partial charge in [-0.3, -0.25) is 9.36 Å². The van der Waals surface area contributed by atoms with E-state index in [1.54, 1.807) is 18.5 Å². The summed E-state index contributed by atoms with van der Waals surface area (Å²) in [7, 11) is 0. The van der Waals surface area contributed by atoms with Crippen molar-refractivity contribution in [3.8, 4) is 5.82 Å². The van der Waals surface area contributed by atoms with Crippen molar-refractivity contribution in [1.82, 2.24) is 14.5 Å². The van der Waals surface area contributed by atoms with Crippen LogP contribution in [0.3, 0.4) is 0 Å². The lowest BCUT2D eigenvalue weighted by Crippen LogP contribution is -1.98. The third-order valence-corrected chi connectivity index (χ3v) is 2.22. The molecule has 2 aromatic heterocycles. The minimum atomic E-state index is 0.621. The van der Waals surface area contributed by atoms with Gasteiger partial charge in [-0.05, 0) is 26.0 Å². The molecule has 0 unspecified atom stereocenters. The molecule has 2 aromatic rings. The van der Waals surface area contributed by atoms with E-state index in [0.717, 1.165) is 23.5 Å². The van der Waals surface area contributed by atoms with E-state index in [2.05, 4.69) is 9.97 Å². The van der Waals surface area contributed by atoms with E-state index in [1.165, 1.54) is 0 Å². The van der Waals surface area contributed by atoms with Crippen LogP contribution in [0, 0.1) is 13.8 Å². The molecule has 0 aliphatic rings. The van der Waals surface area contributed by atoms with E-state index in [4.69, 9.17) is 0 Å². The molecule has 4 nitrogen and oxygen atoms in total. The first kappa shape index (κ1) is 9.58. The van der Waals surface area contributed by atoms with Crippen molar-refractivity contribution < 1.29 is 4.79 Å². The molecule has 15 heavy (non-hydrogen) atoms. The molecular weight excluding hydrogens is 190 g/mol. The highest BCUT2D eigenvalue weighted by Crippen LogP contribution is 2.09. The zero-order valence-electron chi connectivity index (χ0n) is 8.64. The Bertz CT molecular complexity index is 502. The maximum absolute atomic E-state index is 10.6. The molecule has 0 spiro atoms. The van der Waals surface area contributed by atoms with Gasteiger partial charge < -0.3 is 0 Å². The number of carbonyl (C=O) groups excluding carboxylic acids is 1. The summed E-state index contributed by atoms with van der Waals surface area (Å²) in [6, 6.07) is 3.57. The highest BCUT2D eigenvalue weighted by atomic mass is 16.1. The molecule has 0 atom stereocenters. The van der Waals surface area contributed by atoms with Crippen LogP contribution in [0.1, 0.15) is 21.7 Å². The number of aryl methyl sites for hydroxylation is 2. The molecule has 0 aromatic carbocycles. The average molecular weight is 201 g/mol. The van der Waals surface area contributed by atoms with Gasteiger partial charge in [0, 0.05) is 11.8 Å². The topological polar surface area (TPSA) is 47.8 Å². The summed E-state index contributed by atoms with van der Waals surface area (Å²) in [5.74, 6) is 0.777. The highest BCUT2D eigenvalue weighted by Gasteiger charge is 2.02. The third-order valence-electron chi connectivity index (χ3n) is 2.22. The first-order valence-corrected chi connectivity index (χ1v) is 4.64. The van der Waals surface area contributed by atoms with Crippen LogP contribution in [0.25, 0.3) is 5.82 Å². The lowest BCUT2D eigenvalue weighted by molar-refractivity contribution is 0.112. The molecule has 0 saturated carbocycles. The lowest BCUT2D eigenvalue weighted by Gasteiger charge is -2.03. The van der Waals surface area contributed by atoms with Crippen molar-refractivity contribution in [2.75, 3.05) is 0 Å². The van der Waals surface area contributed by atoms with E-state index in [9.17, 15) is 4.79 Å². The van der Waals surface area contributed by atoms with Crippen LogP contribution < -0.4 is 0 Å². The van der Waals surface area contributed by atoms with Crippen molar-refractivity contribution >= 4 is 6.29 Å². The Morgan fingerprint density at radius 2 is 2.13 bits per heavy atom. The summed E-state index contributed by atoms with van der Waals surface area (Å²) in [5, 5.41) is 0. The predicted molar refractivity (Wildman–Crippen MR) is 56.2 cm³/mol. The zero-order valence-corrected chi connectivity index (χ0v) is 8.64. The van der Waals surface area contributed by atoms with Crippen molar-refractivity contribution in [3.63, 3.8) is 0 Å². The van der Waals surface area contributed by atoms with Crippen LogP contribution in [0.2, 0.25) is 0 Å². The monoisotopic (exact) mass is 201 g/mol. The van der Waals surface area contributed by atoms with Crippen LogP contribution in [0.15, 0.2) is 24.7 Å². The quantitative estimate of drug-likeness (QED) is 0.695. The maximum Gasteiger partial charge on any atom is 0.151 e. The predicted octanol–water partition coefficient (Wildman–Crippen LogP) is 1.70. The minimum Gasteiger partial charge on any atom is -0.298 e. The van der Waals surface area contributed by atoms with Gasteiger partial charge in [-0.15, -0.1) is 0 Å². The Morgan fingerprint density at radius 1 is 1.33 bits per heavy atom. The van der Waals surface area contributed by atoms with Gasteiger partial charge >= 0.3 is 0 Å². The van der Waals surface area contributed by atoms with E-state index in [1.807, 2.05) is 24.6 Å². The zero-order chi connectivity index (χ0) is 10.8. The van der Waals surface area contributed by atoms with E-state index >= 15 is 0 Å². The van der Waals surface area contributed by atoms with Crippen LogP contribution >= 0.6 is 0 Å². The molecule has 0 N–H and O–H groups in total. The molecule has 4 heteroatoms. The third kappa shape index (κ3) is 1.79. The van der Waals surface area contributed by atoms with E-state index in [-0.39, 0.29) is 0 Å². The fraction of sp³-hybridized carbons (Fsp3) is 0.182. The van der Waals surface area contributed by atoms with Gasteiger partial charge in [0.05, 0.1) is 11.4 Å². The van der Waals surface area contributed by atoms with Gasteiger partial charge in [0.25, 0.3) is 0 Å². The van der Waals surface area contributed by atoms with E-state index in [0.29, 0.717) is 5.56 Å². The molecule has 2 heterocycles. The summed E-state index contributed by atoms with van der Waals surface area (Å²) in [4.78, 5) is 19.1. The molecule has 0 aliphatic carbocycles. The van der Waals surface area contributed by atoms with Gasteiger partial charge in [-0.2, -0.15) is 0 Å². The molecule has 0 bridgehead atoms. The number of imidazole rings is 1. The lowest BCUT2D eigenvalue weighted by atomic mass is 10.2. The first-order valence-electron chi connectivity index (χ1n) is 4.64. The van der Waals surface area contributed by atoms with Crippen molar-refractivity contribution in [3.05, 3.63) is 41.6 Å². The van der Waals surface area contributed by atoms with Crippen LogP contribution in [-0.2, 0) is 0 Å². The molecule has 76 valence electrons. The Kier molecular flexibility index (Phi) is 2.33. The number of hydrogen-bond donors (Lipinski definition) is 0. The Morgan fingerprint density at radius 3 is 2.67 bits per heavy atom. The molecule has 0 aliphatic heterocycles. The largest absolute Gasteiger partial charge is 0.298 e. The normalized spacial score (nSPS) is 10.3. The molecule has 0 saturated heterocycles. The summed E-state index contributed by atoms with van der Waals surface area (Å²) in [6.45, 7) is 3.74. The summed E-state index contributed by atoms with van der Waals surface area (Å²) < 4.78 is 1.83. The van der Waals surface area contributed by atoms with Gasteiger partial charge in [0.2, 0.25) is 0 Å². The number of aldehydes is 1. The second kappa shape index (κ2) is 3.65. The van der Waals surface area contributed by atoms with Crippen molar-refractivity contribution in [2.45, 2.75) is 13.8 Å². The SMILES string of the molecule is Cc1cn(-c2ccc(C=O)c(C)n2)cn1. The molecule has 2 rings (SSSR count). The first-order chi connectivity index (χ1) is 7.20. The number of nitrogens with zero attached hydrogens (tertiary/aromatic N) is 3. The minimum absolute atomic E-state index is 0.621. The fourth-order valence-electron chi connectivity index (χ4n) is 1.37. The molecule has 0 radical (unpaired) electrons. The highest BCUT2D eigenvalue weighted by molar-refractivity contribution is 5.76. The molecular formula is C11H11N3O. The number of rotatable bonds is 2. The summed E-state index contributed by atoms with van der Waals surface area (Å²) in [5.41, 5.74) is 2.29. The van der Waals surface area contributed by atoms with Gasteiger partial charge in [-0.25, -0.2) is 9.97 Å². The standard InChI is InChI=1S/C11H11N3O/c1-8-5-14(7-12-8)11-4-3-10(6-15)9(2)13-11/h3-7H,1-2H3. The van der Waals surface area contributed by atoms with Crippen LogP contribution in [0.4, 0.5) is 0 Å². The number of aromatic nitrogens is 3. The van der Waals surface area contributed by atoms with Gasteiger partial charge in [0.15, 0.2) is 6.29 Å². The van der Waals surface area contributed by atoms with Gasteiger partial charge in [-0.1, -0.05) is 0 Å². The average Bonchev–Trinajstić information content (AvgIpc) is 2.65. The van der Waals surface area contributed by atoms with Crippen molar-refractivity contribution in [2.24, 2.45) is 0 Å². The molecule has 0 amide bonds. The van der Waals surface area contributed by atoms with Gasteiger partial charge in [0.1, 0.15) is 12.1 Å². The Balaban J connectivity index is 2.46. The van der Waals surface area contributed by atoms with Crippen molar-refractivity contribution in [1.29, 1.82) is 0 Å². The van der Waals surface area contributed by atoms with Crippen LogP contribution in [0.5, 0.6) is 0 Å². The smallest absolute Gasteiger partial charge is 0.151 e. The number of carbonyl (C=O) groups is 1. The summed E-state index contributed by atoms with van der Waals surface area (Å²) in [6.07, 6.45) is 4.41. The van der Waals surface area contributed by atoms with E-state index < -0.39 is 0 Å². The Hall–Kier alpha value is -1.97. The fourth-order valence-corrected chi connectivity index (χ4v) is 1.37. The van der Waals surface area contributed by atoms with Crippen LogP contribution in [-0.4, -0.2) is 20.8 Å². The maximum atomic E-state index is 10.6. The second-order valence-corrected chi connectivity index (χ2v) is 3.38. The number of hydrogen-bond acceptors (Lipinski definition) is 3. The Labute approximate surface area is 87.6 Å². The summed E-state index contributed by atoms with van der Waals surface area (Å²) >= 11 is 0. The molecule has 0 fully saturated rings. The second-order valence-electron chi connectivity index (χ2n) is 3.38.